The summed E-state index contributed by atoms with van der Waals surface area (Å²) >= 11 is 17.6. The molecule has 0 aliphatic rings. The number of nitro benzene ring substituents is 1. The molecule has 0 N–H and O–H groups in total. The van der Waals surface area contributed by atoms with Crippen molar-refractivity contribution < 1.29 is 18.1 Å². The zero-order chi connectivity index (χ0) is 17.4. The third kappa shape index (κ3) is 3.87. The number of nitrogens with zero attached hydrogens (tertiary/aromatic N) is 1. The van der Waals surface area contributed by atoms with Gasteiger partial charge in [0.1, 0.15) is 10.6 Å². The van der Waals surface area contributed by atoms with Gasteiger partial charge in [-0.25, -0.2) is 8.42 Å². The van der Waals surface area contributed by atoms with Crippen LogP contribution in [0.25, 0.3) is 0 Å². The van der Waals surface area contributed by atoms with Crippen LogP contribution in [0.3, 0.4) is 0 Å². The molecule has 0 saturated heterocycles. The lowest BCUT2D eigenvalue weighted by Gasteiger charge is -2.10. The van der Waals surface area contributed by atoms with Crippen molar-refractivity contribution in [3.05, 3.63) is 55.5 Å². The topological polar surface area (TPSA) is 86.5 Å². The molecule has 122 valence electrons. The second-order valence-corrected chi connectivity index (χ2v) is 7.64. The molecule has 0 saturated carbocycles. The van der Waals surface area contributed by atoms with E-state index >= 15 is 0 Å². The van der Waals surface area contributed by atoms with Crippen molar-refractivity contribution >= 4 is 50.3 Å². The molecule has 0 aromatic heterocycles. The molecule has 0 fully saturated rings. The normalized spacial score (nSPS) is 11.3. The Balaban J connectivity index is 2.62. The number of benzene rings is 2. The van der Waals surface area contributed by atoms with Crippen LogP contribution in [0, 0.1) is 10.1 Å². The van der Waals surface area contributed by atoms with Gasteiger partial charge in [-0.15, -0.1) is 0 Å². The molecule has 10 heteroatoms. The average Bonchev–Trinajstić information content (AvgIpc) is 2.43. The van der Waals surface area contributed by atoms with Crippen LogP contribution in [0.4, 0.5) is 5.69 Å². The summed E-state index contributed by atoms with van der Waals surface area (Å²) < 4.78 is 28.8. The van der Waals surface area contributed by atoms with Gasteiger partial charge < -0.3 is 4.74 Å². The number of rotatable bonds is 4. The fourth-order valence-corrected chi connectivity index (χ4v) is 3.19. The molecular formula is C13H8Cl3NO5S. The first-order valence-corrected chi connectivity index (χ1v) is 8.93. The second-order valence-electron chi connectivity index (χ2n) is 4.43. The minimum Gasteiger partial charge on any atom is -0.448 e. The zero-order valence-corrected chi connectivity index (χ0v) is 14.5. The van der Waals surface area contributed by atoms with Crippen LogP contribution >= 0.6 is 34.8 Å². The van der Waals surface area contributed by atoms with Gasteiger partial charge in [-0.05, 0) is 18.2 Å². The van der Waals surface area contributed by atoms with Crippen LogP contribution in [0.5, 0.6) is 11.5 Å². The van der Waals surface area contributed by atoms with E-state index in [1.165, 1.54) is 24.3 Å². The average molecular weight is 397 g/mol. The highest BCUT2D eigenvalue weighted by Gasteiger charge is 2.28. The van der Waals surface area contributed by atoms with Crippen molar-refractivity contribution in [1.82, 2.24) is 0 Å². The Bertz CT molecular complexity index is 899. The molecule has 2 aromatic rings. The summed E-state index contributed by atoms with van der Waals surface area (Å²) in [6, 6.07) is 6.29. The predicted molar refractivity (Wildman–Crippen MR) is 87.8 cm³/mol. The summed E-state index contributed by atoms with van der Waals surface area (Å²) in [5.41, 5.74) is -0.683. The maximum absolute atomic E-state index is 11.7. The number of hydrogen-bond donors (Lipinski definition) is 0. The van der Waals surface area contributed by atoms with Crippen molar-refractivity contribution in [2.24, 2.45) is 0 Å². The summed E-state index contributed by atoms with van der Waals surface area (Å²) in [7, 11) is -3.82. The summed E-state index contributed by atoms with van der Waals surface area (Å²) in [6.45, 7) is 0. The predicted octanol–water partition coefficient (Wildman–Crippen LogP) is 4.75. The van der Waals surface area contributed by atoms with Crippen molar-refractivity contribution in [1.29, 1.82) is 0 Å². The van der Waals surface area contributed by atoms with Gasteiger partial charge in [0.15, 0.2) is 9.84 Å². The molecule has 0 heterocycles. The third-order valence-electron chi connectivity index (χ3n) is 2.74. The molecule has 0 radical (unpaired) electrons. The summed E-state index contributed by atoms with van der Waals surface area (Å²) in [5, 5.41) is 11.7. The highest BCUT2D eigenvalue weighted by molar-refractivity contribution is 7.90. The van der Waals surface area contributed by atoms with Gasteiger partial charge in [0.25, 0.3) is 0 Å². The minimum absolute atomic E-state index is 0.00909. The quantitative estimate of drug-likeness (QED) is 0.423. The van der Waals surface area contributed by atoms with Crippen LogP contribution in [-0.2, 0) is 9.84 Å². The molecule has 2 aromatic carbocycles. The van der Waals surface area contributed by atoms with E-state index in [0.29, 0.717) is 0 Å². The van der Waals surface area contributed by atoms with E-state index in [9.17, 15) is 18.5 Å². The van der Waals surface area contributed by atoms with Gasteiger partial charge in [0.2, 0.25) is 5.75 Å². The fourth-order valence-electron chi connectivity index (χ4n) is 1.76. The van der Waals surface area contributed by atoms with Crippen LogP contribution in [-0.4, -0.2) is 19.6 Å². The highest BCUT2D eigenvalue weighted by Crippen LogP contribution is 2.41. The lowest BCUT2D eigenvalue weighted by atomic mass is 10.3. The Labute approximate surface area is 146 Å². The van der Waals surface area contributed by atoms with Crippen LogP contribution in [0.2, 0.25) is 15.1 Å². The van der Waals surface area contributed by atoms with Gasteiger partial charge in [-0.2, -0.15) is 0 Å². The molecule has 2 rings (SSSR count). The summed E-state index contributed by atoms with van der Waals surface area (Å²) in [6.07, 6.45) is 0.866. The lowest BCUT2D eigenvalue weighted by molar-refractivity contribution is -0.388. The van der Waals surface area contributed by atoms with E-state index < -0.39 is 25.3 Å². The Morgan fingerprint density at radius 1 is 1.04 bits per heavy atom. The van der Waals surface area contributed by atoms with E-state index in [1.807, 2.05) is 0 Å². The maximum atomic E-state index is 11.7. The van der Waals surface area contributed by atoms with E-state index in [2.05, 4.69) is 0 Å². The van der Waals surface area contributed by atoms with Gasteiger partial charge >= 0.3 is 5.69 Å². The van der Waals surface area contributed by atoms with Gasteiger partial charge in [0, 0.05) is 12.3 Å². The first kappa shape index (κ1) is 17.8. The standard InChI is InChI=1S/C13H8Cl3NO5S/c1-23(20,21)12-4-2-3-10(13(12)17(18)19)22-11-6-8(15)7(14)5-9(11)16/h2-6H,1H3. The molecule has 0 unspecified atom stereocenters. The Morgan fingerprint density at radius 3 is 2.22 bits per heavy atom. The molecule has 0 bridgehead atoms. The van der Waals surface area contributed by atoms with Crippen molar-refractivity contribution in [2.45, 2.75) is 4.90 Å². The third-order valence-corrected chi connectivity index (χ3v) is 4.88. The Morgan fingerprint density at radius 2 is 1.65 bits per heavy atom. The molecule has 0 amide bonds. The Hall–Kier alpha value is -1.54. The number of nitro groups is 1. The highest BCUT2D eigenvalue weighted by atomic mass is 35.5. The number of halogens is 3. The van der Waals surface area contributed by atoms with Crippen LogP contribution in [0.1, 0.15) is 0 Å². The number of sulfone groups is 1. The molecule has 0 aliphatic carbocycles. The van der Waals surface area contributed by atoms with Crippen molar-refractivity contribution in [3.8, 4) is 11.5 Å². The first-order chi connectivity index (χ1) is 10.6. The maximum Gasteiger partial charge on any atom is 0.330 e. The van der Waals surface area contributed by atoms with E-state index in [1.54, 1.807) is 0 Å². The zero-order valence-electron chi connectivity index (χ0n) is 11.4. The fraction of sp³-hybridized carbons (Fsp3) is 0.0769. The van der Waals surface area contributed by atoms with E-state index in [4.69, 9.17) is 39.5 Å². The molecular weight excluding hydrogens is 389 g/mol. The van der Waals surface area contributed by atoms with Crippen molar-refractivity contribution in [2.75, 3.05) is 6.26 Å². The molecule has 23 heavy (non-hydrogen) atoms. The number of hydrogen-bond acceptors (Lipinski definition) is 5. The SMILES string of the molecule is CS(=O)(=O)c1cccc(Oc2cc(Cl)c(Cl)cc2Cl)c1[N+](=O)[O-]. The molecule has 6 nitrogen and oxygen atoms in total. The van der Waals surface area contributed by atoms with E-state index in [-0.39, 0.29) is 26.6 Å². The van der Waals surface area contributed by atoms with Gasteiger partial charge in [-0.1, -0.05) is 40.9 Å². The minimum atomic E-state index is -3.82. The smallest absolute Gasteiger partial charge is 0.330 e. The number of para-hydroxylation sites is 1. The summed E-state index contributed by atoms with van der Waals surface area (Å²) in [4.78, 5) is 9.97. The molecule has 0 atom stereocenters. The largest absolute Gasteiger partial charge is 0.448 e. The Kier molecular flexibility index (Phi) is 5.05. The van der Waals surface area contributed by atoms with Crippen LogP contribution in [0.15, 0.2) is 35.2 Å². The monoisotopic (exact) mass is 395 g/mol. The second kappa shape index (κ2) is 6.52. The van der Waals surface area contributed by atoms with E-state index in [0.717, 1.165) is 12.3 Å². The van der Waals surface area contributed by atoms with Crippen molar-refractivity contribution in [3.63, 3.8) is 0 Å². The van der Waals surface area contributed by atoms with Gasteiger partial charge in [0.05, 0.1) is 20.0 Å². The molecule has 0 aliphatic heterocycles. The van der Waals surface area contributed by atoms with Crippen LogP contribution < -0.4 is 4.74 Å². The molecule has 0 spiro atoms. The first-order valence-electron chi connectivity index (χ1n) is 5.91. The summed E-state index contributed by atoms with van der Waals surface area (Å²) in [5.74, 6) is -0.270. The lowest BCUT2D eigenvalue weighted by Crippen LogP contribution is -2.04. The number of ether oxygens (including phenoxy) is 1. The van der Waals surface area contributed by atoms with Gasteiger partial charge in [-0.3, -0.25) is 10.1 Å².